The molecule has 7 heteroatoms. The van der Waals surface area contributed by atoms with Gasteiger partial charge in [0.15, 0.2) is 0 Å². The molecule has 6 nitrogen and oxygen atoms in total. The van der Waals surface area contributed by atoms with Crippen LogP contribution in [0.3, 0.4) is 0 Å². The molecule has 3 aromatic rings. The van der Waals surface area contributed by atoms with Gasteiger partial charge in [-0.3, -0.25) is 14.4 Å². The van der Waals surface area contributed by atoms with Crippen LogP contribution in [0.1, 0.15) is 10.4 Å². The molecule has 0 spiro atoms. The van der Waals surface area contributed by atoms with Crippen molar-refractivity contribution in [2.75, 3.05) is 6.54 Å². The highest BCUT2D eigenvalue weighted by Crippen LogP contribution is 2.14. The molecule has 0 fully saturated rings. The van der Waals surface area contributed by atoms with Gasteiger partial charge < -0.3 is 14.9 Å². The Kier molecular flexibility index (Phi) is 4.48. The number of amides is 1. The Morgan fingerprint density at radius 3 is 2.58 bits per heavy atom. The largest absolute Gasteiger partial charge is 0.350 e. The number of carbonyl (C=O) groups is 1. The number of carbonyl (C=O) groups excluding carboxylic acids is 1. The molecular weight excluding hydrogens is 330 g/mol. The molecule has 0 radical (unpaired) electrons. The average molecular weight is 344 g/mol. The number of benzene rings is 2. The maximum atomic E-state index is 12.1. The lowest BCUT2D eigenvalue weighted by molar-refractivity contribution is 0.0952. The van der Waals surface area contributed by atoms with Gasteiger partial charge in [0, 0.05) is 13.1 Å². The standard InChI is InChI=1S/C17H14ClN3O3/c18-12-6-2-1-5-11(12)15(22)19-9-10-21-14-8-4-3-7-13(14)20-16(23)17(21)24/h1-8H,9-10H2,(H,19,22)(H,20,23). The molecule has 1 heterocycles. The molecule has 0 atom stereocenters. The number of halogens is 1. The first-order valence-corrected chi connectivity index (χ1v) is 7.70. The number of nitrogens with zero attached hydrogens (tertiary/aromatic N) is 1. The molecule has 2 aromatic carbocycles. The van der Waals surface area contributed by atoms with Crippen molar-refractivity contribution in [1.82, 2.24) is 14.9 Å². The van der Waals surface area contributed by atoms with E-state index in [4.69, 9.17) is 11.6 Å². The number of nitrogens with one attached hydrogen (secondary N) is 2. The molecule has 0 saturated heterocycles. The molecule has 0 unspecified atom stereocenters. The van der Waals surface area contributed by atoms with Crippen LogP contribution in [0.4, 0.5) is 0 Å². The van der Waals surface area contributed by atoms with Crippen molar-refractivity contribution < 1.29 is 4.79 Å². The lowest BCUT2D eigenvalue weighted by atomic mass is 10.2. The molecule has 0 aliphatic rings. The third kappa shape index (κ3) is 3.09. The third-order valence-electron chi connectivity index (χ3n) is 3.62. The van der Waals surface area contributed by atoms with Gasteiger partial charge in [0.1, 0.15) is 0 Å². The van der Waals surface area contributed by atoms with Gasteiger partial charge in [-0.15, -0.1) is 0 Å². The smallest absolute Gasteiger partial charge is 0.316 e. The molecule has 0 bridgehead atoms. The second kappa shape index (κ2) is 6.72. The Morgan fingerprint density at radius 1 is 1.08 bits per heavy atom. The summed E-state index contributed by atoms with van der Waals surface area (Å²) >= 11 is 5.98. The predicted molar refractivity (Wildman–Crippen MR) is 92.6 cm³/mol. The fraction of sp³-hybridized carbons (Fsp3) is 0.118. The summed E-state index contributed by atoms with van der Waals surface area (Å²) in [5, 5.41) is 3.06. The lowest BCUT2D eigenvalue weighted by Crippen LogP contribution is -2.39. The summed E-state index contributed by atoms with van der Waals surface area (Å²) in [4.78, 5) is 38.4. The van der Waals surface area contributed by atoms with Gasteiger partial charge in [-0.2, -0.15) is 0 Å². The zero-order valence-electron chi connectivity index (χ0n) is 12.6. The van der Waals surface area contributed by atoms with Crippen LogP contribution in [-0.4, -0.2) is 22.0 Å². The predicted octanol–water partition coefficient (Wildman–Crippen LogP) is 1.77. The Balaban J connectivity index is 1.81. The molecule has 0 aliphatic carbocycles. The van der Waals surface area contributed by atoms with Crippen molar-refractivity contribution in [2.24, 2.45) is 0 Å². The highest BCUT2D eigenvalue weighted by Gasteiger charge is 2.10. The van der Waals surface area contributed by atoms with Gasteiger partial charge in [0.05, 0.1) is 21.6 Å². The number of rotatable bonds is 4. The van der Waals surface area contributed by atoms with Crippen LogP contribution in [0.25, 0.3) is 11.0 Å². The van der Waals surface area contributed by atoms with Crippen molar-refractivity contribution in [3.8, 4) is 0 Å². The number of hydrogen-bond acceptors (Lipinski definition) is 3. The Morgan fingerprint density at radius 2 is 1.79 bits per heavy atom. The van der Waals surface area contributed by atoms with E-state index in [0.717, 1.165) is 0 Å². The molecule has 1 aromatic heterocycles. The van der Waals surface area contributed by atoms with E-state index in [-0.39, 0.29) is 19.0 Å². The van der Waals surface area contributed by atoms with E-state index in [1.807, 2.05) is 0 Å². The second-order valence-corrected chi connectivity index (χ2v) is 5.57. The molecule has 0 aliphatic heterocycles. The zero-order chi connectivity index (χ0) is 17.1. The maximum Gasteiger partial charge on any atom is 0.316 e. The van der Waals surface area contributed by atoms with Crippen molar-refractivity contribution >= 4 is 28.5 Å². The monoisotopic (exact) mass is 343 g/mol. The molecule has 2 N–H and O–H groups in total. The van der Waals surface area contributed by atoms with Crippen molar-refractivity contribution in [3.63, 3.8) is 0 Å². The minimum atomic E-state index is -0.689. The molecule has 24 heavy (non-hydrogen) atoms. The van der Waals surface area contributed by atoms with Crippen LogP contribution >= 0.6 is 11.6 Å². The molecular formula is C17H14ClN3O3. The van der Waals surface area contributed by atoms with Crippen LogP contribution in [0.2, 0.25) is 5.02 Å². The normalized spacial score (nSPS) is 10.7. The van der Waals surface area contributed by atoms with E-state index >= 15 is 0 Å². The van der Waals surface area contributed by atoms with Gasteiger partial charge in [-0.25, -0.2) is 0 Å². The number of aromatic amines is 1. The number of aromatic nitrogens is 2. The summed E-state index contributed by atoms with van der Waals surface area (Å²) in [6.45, 7) is 0.372. The number of H-pyrrole nitrogens is 1. The number of hydrogen-bond donors (Lipinski definition) is 2. The zero-order valence-corrected chi connectivity index (χ0v) is 13.3. The van der Waals surface area contributed by atoms with E-state index in [9.17, 15) is 14.4 Å². The van der Waals surface area contributed by atoms with Gasteiger partial charge in [-0.05, 0) is 24.3 Å². The Labute approximate surface area is 141 Å². The van der Waals surface area contributed by atoms with Crippen LogP contribution in [0.15, 0.2) is 58.1 Å². The summed E-state index contributed by atoms with van der Waals surface area (Å²) in [5.74, 6) is -0.331. The lowest BCUT2D eigenvalue weighted by Gasteiger charge is -2.11. The van der Waals surface area contributed by atoms with Crippen molar-refractivity contribution in [1.29, 1.82) is 0 Å². The summed E-state index contributed by atoms with van der Waals surface area (Å²) in [6.07, 6.45) is 0. The average Bonchev–Trinajstić information content (AvgIpc) is 2.58. The van der Waals surface area contributed by atoms with Gasteiger partial charge in [0.25, 0.3) is 5.91 Å². The highest BCUT2D eigenvalue weighted by atomic mass is 35.5. The van der Waals surface area contributed by atoms with Crippen LogP contribution in [0.5, 0.6) is 0 Å². The minimum absolute atomic E-state index is 0.180. The molecule has 122 valence electrons. The molecule has 1 amide bonds. The topological polar surface area (TPSA) is 84.0 Å². The summed E-state index contributed by atoms with van der Waals surface area (Å²) < 4.78 is 1.35. The minimum Gasteiger partial charge on any atom is -0.350 e. The van der Waals surface area contributed by atoms with Crippen molar-refractivity contribution in [3.05, 3.63) is 79.8 Å². The summed E-state index contributed by atoms with van der Waals surface area (Å²) in [5.41, 5.74) is 0.197. The SMILES string of the molecule is O=C(NCCn1c(=O)c(=O)[nH]c2ccccc21)c1ccccc1Cl. The first-order chi connectivity index (χ1) is 11.6. The quantitative estimate of drug-likeness (QED) is 0.708. The van der Waals surface area contributed by atoms with E-state index in [1.165, 1.54) is 4.57 Å². The van der Waals surface area contributed by atoms with Gasteiger partial charge in [0.2, 0.25) is 0 Å². The number of fused-ring (bicyclic) bond motifs is 1. The van der Waals surface area contributed by atoms with Crippen LogP contribution < -0.4 is 16.4 Å². The van der Waals surface area contributed by atoms with E-state index in [1.54, 1.807) is 48.5 Å². The Hall–Kier alpha value is -2.86. The number of para-hydroxylation sites is 2. The van der Waals surface area contributed by atoms with Crippen LogP contribution in [0, 0.1) is 0 Å². The summed E-state index contributed by atoms with van der Waals surface area (Å²) in [6, 6.07) is 13.7. The molecule has 0 saturated carbocycles. The van der Waals surface area contributed by atoms with Gasteiger partial charge >= 0.3 is 11.1 Å². The molecule has 3 rings (SSSR count). The second-order valence-electron chi connectivity index (χ2n) is 5.16. The van der Waals surface area contributed by atoms with E-state index in [2.05, 4.69) is 10.3 Å². The summed E-state index contributed by atoms with van der Waals surface area (Å²) in [7, 11) is 0. The third-order valence-corrected chi connectivity index (χ3v) is 3.95. The van der Waals surface area contributed by atoms with Crippen LogP contribution in [-0.2, 0) is 6.54 Å². The van der Waals surface area contributed by atoms with Gasteiger partial charge in [-0.1, -0.05) is 35.9 Å². The highest BCUT2D eigenvalue weighted by molar-refractivity contribution is 6.33. The fourth-order valence-electron chi connectivity index (χ4n) is 2.47. The first-order valence-electron chi connectivity index (χ1n) is 7.32. The van der Waals surface area contributed by atoms with E-state index < -0.39 is 11.1 Å². The van der Waals surface area contributed by atoms with E-state index in [0.29, 0.717) is 21.6 Å². The van der Waals surface area contributed by atoms with Crippen molar-refractivity contribution in [2.45, 2.75) is 6.54 Å². The fourth-order valence-corrected chi connectivity index (χ4v) is 2.69. The maximum absolute atomic E-state index is 12.1. The first kappa shape index (κ1) is 16.0. The Bertz CT molecular complexity index is 1020.